The Morgan fingerprint density at radius 3 is 2.73 bits per heavy atom. The highest BCUT2D eigenvalue weighted by Crippen LogP contribution is 2.36. The number of phenolic OH excluding ortho intramolecular Hbond substituents is 1. The first-order valence-electron chi connectivity index (χ1n) is 4.54. The monoisotopic (exact) mass is 225 g/mol. The summed E-state index contributed by atoms with van der Waals surface area (Å²) in [6, 6.07) is 4.35. The molecule has 1 aromatic rings. The molecule has 2 rings (SSSR count). The smallest absolute Gasteiger partial charge is 0.200 e. The van der Waals surface area contributed by atoms with Crippen LogP contribution in [0.5, 0.6) is 5.75 Å². The lowest BCUT2D eigenvalue weighted by Crippen LogP contribution is -1.98. The van der Waals surface area contributed by atoms with Crippen molar-refractivity contribution in [1.29, 1.82) is 0 Å². The van der Waals surface area contributed by atoms with E-state index in [0.29, 0.717) is 24.1 Å². The predicted molar refractivity (Wildman–Crippen MR) is 56.9 cm³/mol. The first kappa shape index (κ1) is 10.2. The normalized spacial score (nSPS) is 17.3. The predicted octanol–water partition coefficient (Wildman–Crippen LogP) is 0.869. The molecule has 0 radical (unpaired) electrons. The fraction of sp³-hybridized carbons (Fsp3) is 0.200. The lowest BCUT2D eigenvalue weighted by atomic mass is 10.0. The third kappa shape index (κ3) is 1.64. The van der Waals surface area contributed by atoms with Crippen molar-refractivity contribution in [1.82, 2.24) is 0 Å². The fourth-order valence-corrected chi connectivity index (χ4v) is 3.21. The van der Waals surface area contributed by atoms with Crippen LogP contribution in [0.1, 0.15) is 12.0 Å². The Hall–Kier alpha value is -1.33. The van der Waals surface area contributed by atoms with Crippen LogP contribution >= 0.6 is 0 Å². The molecule has 0 saturated heterocycles. The number of hydrogen-bond donors (Lipinski definition) is 2. The SMILES string of the molecule is NCCC1=CS(=O)(=O)c2cc(O)ccc21. The molecule has 0 atom stereocenters. The second kappa shape index (κ2) is 3.36. The van der Waals surface area contributed by atoms with Crippen molar-refractivity contribution in [3.63, 3.8) is 0 Å². The van der Waals surface area contributed by atoms with E-state index in [4.69, 9.17) is 5.73 Å². The Morgan fingerprint density at radius 2 is 2.07 bits per heavy atom. The summed E-state index contributed by atoms with van der Waals surface area (Å²) in [5.41, 5.74) is 6.77. The summed E-state index contributed by atoms with van der Waals surface area (Å²) >= 11 is 0. The topological polar surface area (TPSA) is 80.4 Å². The highest BCUT2D eigenvalue weighted by Gasteiger charge is 2.26. The molecule has 0 aromatic heterocycles. The average molecular weight is 225 g/mol. The minimum atomic E-state index is -3.38. The van der Waals surface area contributed by atoms with Crippen LogP contribution in [0.15, 0.2) is 28.5 Å². The number of sulfone groups is 1. The molecular formula is C10H11NO3S. The zero-order chi connectivity index (χ0) is 11.1. The molecule has 0 spiro atoms. The van der Waals surface area contributed by atoms with Crippen molar-refractivity contribution in [3.05, 3.63) is 29.2 Å². The number of hydrogen-bond acceptors (Lipinski definition) is 4. The van der Waals surface area contributed by atoms with E-state index < -0.39 is 9.84 Å². The molecule has 4 nitrogen and oxygen atoms in total. The number of fused-ring (bicyclic) bond motifs is 1. The first-order chi connectivity index (χ1) is 7.04. The van der Waals surface area contributed by atoms with Crippen LogP contribution in [0.3, 0.4) is 0 Å². The van der Waals surface area contributed by atoms with Crippen molar-refractivity contribution >= 4 is 15.4 Å². The maximum atomic E-state index is 11.7. The van der Waals surface area contributed by atoms with Gasteiger partial charge in [0.1, 0.15) is 5.75 Å². The van der Waals surface area contributed by atoms with Gasteiger partial charge in [-0.1, -0.05) is 0 Å². The van der Waals surface area contributed by atoms with Crippen LogP contribution in [-0.4, -0.2) is 20.1 Å². The Labute approximate surface area is 88.0 Å². The van der Waals surface area contributed by atoms with Gasteiger partial charge >= 0.3 is 0 Å². The van der Waals surface area contributed by atoms with Gasteiger partial charge in [0.25, 0.3) is 0 Å². The summed E-state index contributed by atoms with van der Waals surface area (Å²) < 4.78 is 23.3. The molecule has 0 bridgehead atoms. The molecule has 1 heterocycles. The van der Waals surface area contributed by atoms with Crippen LogP contribution in [-0.2, 0) is 9.84 Å². The fourth-order valence-electron chi connectivity index (χ4n) is 1.68. The molecule has 5 heteroatoms. The first-order valence-corrected chi connectivity index (χ1v) is 6.08. The van der Waals surface area contributed by atoms with Gasteiger partial charge in [-0.05, 0) is 42.3 Å². The molecule has 0 aliphatic carbocycles. The van der Waals surface area contributed by atoms with Crippen LogP contribution in [0.25, 0.3) is 5.57 Å². The van der Waals surface area contributed by atoms with Crippen LogP contribution in [0, 0.1) is 0 Å². The van der Waals surface area contributed by atoms with E-state index in [2.05, 4.69) is 0 Å². The molecule has 80 valence electrons. The van der Waals surface area contributed by atoms with E-state index in [9.17, 15) is 13.5 Å². The maximum absolute atomic E-state index is 11.7. The number of rotatable bonds is 2. The van der Waals surface area contributed by atoms with Gasteiger partial charge in [-0.15, -0.1) is 0 Å². The largest absolute Gasteiger partial charge is 0.508 e. The van der Waals surface area contributed by atoms with Crippen LogP contribution in [0.2, 0.25) is 0 Å². The Morgan fingerprint density at radius 1 is 1.33 bits per heavy atom. The molecule has 3 N–H and O–H groups in total. The van der Waals surface area contributed by atoms with Crippen molar-refractivity contribution in [2.75, 3.05) is 6.54 Å². The summed E-state index contributed by atoms with van der Waals surface area (Å²) in [6.07, 6.45) is 0.525. The number of nitrogens with two attached hydrogens (primary N) is 1. The molecule has 1 aliphatic rings. The summed E-state index contributed by atoms with van der Waals surface area (Å²) in [5.74, 6) is -0.0419. The summed E-state index contributed by atoms with van der Waals surface area (Å²) in [4.78, 5) is 0.172. The number of aromatic hydroxyl groups is 1. The standard InChI is InChI=1S/C10H11NO3S/c11-4-3-7-6-15(13,14)10-5-8(12)1-2-9(7)10/h1-2,5-6,12H,3-4,11H2. The van der Waals surface area contributed by atoms with E-state index in [1.165, 1.54) is 17.5 Å². The summed E-state index contributed by atoms with van der Waals surface area (Å²) in [5, 5.41) is 10.5. The van der Waals surface area contributed by atoms with Crippen molar-refractivity contribution in [2.24, 2.45) is 5.73 Å². The maximum Gasteiger partial charge on any atom is 0.200 e. The third-order valence-electron chi connectivity index (χ3n) is 2.33. The second-order valence-electron chi connectivity index (χ2n) is 3.41. The van der Waals surface area contributed by atoms with Gasteiger partial charge in [0, 0.05) is 5.41 Å². The minimum absolute atomic E-state index is 0.0419. The van der Waals surface area contributed by atoms with Crippen molar-refractivity contribution in [2.45, 2.75) is 11.3 Å². The second-order valence-corrected chi connectivity index (χ2v) is 5.17. The summed E-state index contributed by atoms with van der Waals surface area (Å²) in [6.45, 7) is 0.404. The molecule has 1 aromatic carbocycles. The minimum Gasteiger partial charge on any atom is -0.508 e. The zero-order valence-corrected chi connectivity index (χ0v) is 8.79. The highest BCUT2D eigenvalue weighted by atomic mass is 32.2. The summed E-state index contributed by atoms with van der Waals surface area (Å²) in [7, 11) is -3.38. The quantitative estimate of drug-likeness (QED) is 0.782. The lowest BCUT2D eigenvalue weighted by molar-refractivity contribution is 0.473. The molecule has 0 fully saturated rings. The van der Waals surface area contributed by atoms with Gasteiger partial charge in [-0.2, -0.15) is 0 Å². The molecule has 0 unspecified atom stereocenters. The van der Waals surface area contributed by atoms with E-state index >= 15 is 0 Å². The average Bonchev–Trinajstić information content (AvgIpc) is 2.39. The van der Waals surface area contributed by atoms with Crippen LogP contribution in [0.4, 0.5) is 0 Å². The van der Waals surface area contributed by atoms with E-state index in [-0.39, 0.29) is 10.6 Å². The third-order valence-corrected chi connectivity index (χ3v) is 3.87. The Kier molecular flexibility index (Phi) is 2.28. The molecule has 15 heavy (non-hydrogen) atoms. The van der Waals surface area contributed by atoms with Gasteiger partial charge in [-0.25, -0.2) is 8.42 Å². The van der Waals surface area contributed by atoms with Gasteiger partial charge in [-0.3, -0.25) is 0 Å². The van der Waals surface area contributed by atoms with Crippen LogP contribution < -0.4 is 5.73 Å². The zero-order valence-electron chi connectivity index (χ0n) is 7.97. The Balaban J connectivity index is 2.62. The van der Waals surface area contributed by atoms with E-state index in [1.807, 2.05) is 0 Å². The van der Waals surface area contributed by atoms with Gasteiger partial charge in [0.2, 0.25) is 9.84 Å². The number of phenols is 1. The molecular weight excluding hydrogens is 214 g/mol. The lowest BCUT2D eigenvalue weighted by Gasteiger charge is -2.02. The highest BCUT2D eigenvalue weighted by molar-refractivity contribution is 7.95. The molecule has 0 amide bonds. The van der Waals surface area contributed by atoms with Crippen molar-refractivity contribution in [3.8, 4) is 5.75 Å². The van der Waals surface area contributed by atoms with Crippen molar-refractivity contribution < 1.29 is 13.5 Å². The van der Waals surface area contributed by atoms with E-state index in [0.717, 1.165) is 0 Å². The molecule has 1 aliphatic heterocycles. The number of benzene rings is 1. The van der Waals surface area contributed by atoms with Gasteiger partial charge < -0.3 is 10.8 Å². The van der Waals surface area contributed by atoms with Gasteiger partial charge in [0.05, 0.1) is 4.90 Å². The Bertz CT molecular complexity index is 532. The molecule has 0 saturated carbocycles. The van der Waals surface area contributed by atoms with E-state index in [1.54, 1.807) is 6.07 Å². The van der Waals surface area contributed by atoms with Gasteiger partial charge in [0.15, 0.2) is 0 Å².